The highest BCUT2D eigenvalue weighted by Crippen LogP contribution is 2.32. The average Bonchev–Trinajstić information content (AvgIpc) is 3.41. The summed E-state index contributed by atoms with van der Waals surface area (Å²) in [6.07, 6.45) is 1.49. The highest BCUT2D eigenvalue weighted by Gasteiger charge is 2.12. The molecule has 0 aliphatic carbocycles. The summed E-state index contributed by atoms with van der Waals surface area (Å²) in [5.41, 5.74) is 3.01. The Hall–Kier alpha value is -3.83. The van der Waals surface area contributed by atoms with Crippen molar-refractivity contribution in [2.24, 2.45) is 0 Å². The minimum Gasteiger partial charge on any atom is -0.487 e. The molecule has 11 heteroatoms. The highest BCUT2D eigenvalue weighted by atomic mass is 35.5. The molecule has 3 aromatic carbocycles. The van der Waals surface area contributed by atoms with Crippen molar-refractivity contribution in [1.29, 1.82) is 0 Å². The van der Waals surface area contributed by atoms with E-state index in [2.05, 4.69) is 20.6 Å². The third-order valence-electron chi connectivity index (χ3n) is 6.13. The first kappa shape index (κ1) is 27.7. The van der Waals surface area contributed by atoms with Crippen molar-refractivity contribution in [3.63, 3.8) is 0 Å². The molecule has 40 heavy (non-hydrogen) atoms. The van der Waals surface area contributed by atoms with E-state index in [9.17, 15) is 8.60 Å². The summed E-state index contributed by atoms with van der Waals surface area (Å²) in [6, 6.07) is 21.0. The smallest absolute Gasteiger partial charge is 0.156 e. The van der Waals surface area contributed by atoms with E-state index in [4.69, 9.17) is 25.3 Å². The molecule has 2 aromatic heterocycles. The molecule has 5 rings (SSSR count). The lowest BCUT2D eigenvalue weighted by Gasteiger charge is -2.12. The van der Waals surface area contributed by atoms with Gasteiger partial charge in [-0.2, -0.15) is 0 Å². The molecule has 0 saturated carbocycles. The number of nitrogens with one attached hydrogen (secondary N) is 2. The SMILES string of the molecule is CC(CNCc1ccc(-c2ccc3ncnc(Nc4ccc(OCc5cccc(F)c5)c(Cl)c4)c3c2)o1)S(=O)O. The van der Waals surface area contributed by atoms with Gasteiger partial charge in [0.25, 0.3) is 0 Å². The second-order valence-corrected chi connectivity index (χ2v) is 10.9. The Morgan fingerprint density at radius 1 is 1.10 bits per heavy atom. The molecule has 0 aliphatic heterocycles. The molecule has 8 nitrogen and oxygen atoms in total. The van der Waals surface area contributed by atoms with Gasteiger partial charge in [-0.1, -0.05) is 23.7 Å². The Kier molecular flexibility index (Phi) is 8.71. The van der Waals surface area contributed by atoms with Crippen molar-refractivity contribution >= 4 is 45.1 Å². The molecule has 2 heterocycles. The van der Waals surface area contributed by atoms with Crippen LogP contribution < -0.4 is 15.4 Å². The van der Waals surface area contributed by atoms with Crippen LogP contribution in [0, 0.1) is 5.82 Å². The Bertz CT molecular complexity index is 1660. The van der Waals surface area contributed by atoms with Crippen LogP contribution in [0.2, 0.25) is 5.02 Å². The Labute approximate surface area is 237 Å². The molecule has 206 valence electrons. The first-order valence-electron chi connectivity index (χ1n) is 12.4. The summed E-state index contributed by atoms with van der Waals surface area (Å²) in [5.74, 6) is 2.14. The van der Waals surface area contributed by atoms with Crippen molar-refractivity contribution in [2.75, 3.05) is 11.9 Å². The lowest BCUT2D eigenvalue weighted by molar-refractivity contribution is 0.306. The second-order valence-electron chi connectivity index (χ2n) is 9.13. The van der Waals surface area contributed by atoms with Crippen LogP contribution in [-0.4, -0.2) is 30.5 Å². The van der Waals surface area contributed by atoms with Crippen LogP contribution in [0.1, 0.15) is 18.2 Å². The zero-order valence-corrected chi connectivity index (χ0v) is 23.0. The molecular weight excluding hydrogens is 555 g/mol. The van der Waals surface area contributed by atoms with Gasteiger partial charge in [0.05, 0.1) is 22.3 Å². The third kappa shape index (κ3) is 6.83. The molecule has 0 radical (unpaired) electrons. The van der Waals surface area contributed by atoms with Crippen LogP contribution in [0.25, 0.3) is 22.2 Å². The monoisotopic (exact) mass is 580 g/mol. The number of hydrogen-bond acceptors (Lipinski definition) is 7. The van der Waals surface area contributed by atoms with Crippen molar-refractivity contribution < 1.29 is 22.3 Å². The first-order chi connectivity index (χ1) is 19.4. The average molecular weight is 581 g/mol. The van der Waals surface area contributed by atoms with Crippen LogP contribution in [0.15, 0.2) is 83.5 Å². The third-order valence-corrected chi connectivity index (χ3v) is 7.29. The van der Waals surface area contributed by atoms with E-state index in [1.54, 1.807) is 31.2 Å². The molecular formula is C29H26ClFN4O4S. The summed E-state index contributed by atoms with van der Waals surface area (Å²) in [7, 11) is 0. The van der Waals surface area contributed by atoms with Crippen molar-refractivity contribution in [3.8, 4) is 17.1 Å². The molecule has 0 spiro atoms. The molecule has 0 bridgehead atoms. The maximum absolute atomic E-state index is 13.4. The van der Waals surface area contributed by atoms with E-state index in [0.29, 0.717) is 52.5 Å². The fraction of sp³-hybridized carbons (Fsp3) is 0.172. The minimum atomic E-state index is -1.87. The van der Waals surface area contributed by atoms with E-state index in [-0.39, 0.29) is 17.7 Å². The summed E-state index contributed by atoms with van der Waals surface area (Å²) in [6.45, 7) is 2.72. The maximum Gasteiger partial charge on any atom is 0.156 e. The predicted molar refractivity (Wildman–Crippen MR) is 155 cm³/mol. The number of furan rings is 1. The molecule has 2 unspecified atom stereocenters. The minimum absolute atomic E-state index is 0.191. The molecule has 3 N–H and O–H groups in total. The normalized spacial score (nSPS) is 12.8. The van der Waals surface area contributed by atoms with Gasteiger partial charge in [0.15, 0.2) is 11.1 Å². The summed E-state index contributed by atoms with van der Waals surface area (Å²) >= 11 is 4.60. The number of hydrogen-bond donors (Lipinski definition) is 3. The van der Waals surface area contributed by atoms with Gasteiger partial charge in [0.1, 0.15) is 41.8 Å². The standard InChI is InChI=1S/C29H26ClFN4O4S/c1-18(40(36)37)14-32-15-23-7-10-27(39-23)20-5-8-26-24(12-20)29(34-17-33-26)35-22-6-9-28(25(30)13-22)38-16-19-3-2-4-21(31)11-19/h2-13,17-18,32H,14-16H2,1H3,(H,36,37)(H,33,34,35). The van der Waals surface area contributed by atoms with E-state index < -0.39 is 11.1 Å². The molecule has 0 fully saturated rings. The highest BCUT2D eigenvalue weighted by molar-refractivity contribution is 7.79. The zero-order chi connectivity index (χ0) is 28.1. The van der Waals surface area contributed by atoms with E-state index in [0.717, 1.165) is 16.5 Å². The van der Waals surface area contributed by atoms with Crippen LogP contribution in [-0.2, 0) is 24.2 Å². The van der Waals surface area contributed by atoms with Gasteiger partial charge in [0.2, 0.25) is 0 Å². The lowest BCUT2D eigenvalue weighted by atomic mass is 10.1. The summed E-state index contributed by atoms with van der Waals surface area (Å²) in [5, 5.41) is 7.24. The van der Waals surface area contributed by atoms with Gasteiger partial charge in [-0.25, -0.2) is 18.6 Å². The Morgan fingerprint density at radius 3 is 2.77 bits per heavy atom. The molecule has 5 aromatic rings. The van der Waals surface area contributed by atoms with Gasteiger partial charge in [-0.3, -0.25) is 0 Å². The lowest BCUT2D eigenvalue weighted by Crippen LogP contribution is -2.27. The van der Waals surface area contributed by atoms with E-state index in [1.165, 1.54) is 18.5 Å². The number of halogens is 2. The van der Waals surface area contributed by atoms with Crippen LogP contribution in [0.5, 0.6) is 5.75 Å². The van der Waals surface area contributed by atoms with Gasteiger partial charge in [-0.15, -0.1) is 0 Å². The second kappa shape index (κ2) is 12.6. The fourth-order valence-electron chi connectivity index (χ4n) is 4.03. The number of nitrogens with zero attached hydrogens (tertiary/aromatic N) is 2. The van der Waals surface area contributed by atoms with Crippen molar-refractivity contribution in [2.45, 2.75) is 25.3 Å². The van der Waals surface area contributed by atoms with Gasteiger partial charge < -0.3 is 24.3 Å². The summed E-state index contributed by atoms with van der Waals surface area (Å²) in [4.78, 5) is 8.81. The number of anilines is 2. The molecule has 0 saturated heterocycles. The van der Waals surface area contributed by atoms with Gasteiger partial charge >= 0.3 is 0 Å². The molecule has 2 atom stereocenters. The quantitative estimate of drug-likeness (QED) is 0.148. The fourth-order valence-corrected chi connectivity index (χ4v) is 4.52. The molecule has 0 amide bonds. The zero-order valence-electron chi connectivity index (χ0n) is 21.4. The number of rotatable bonds is 11. The topological polar surface area (TPSA) is 110 Å². The van der Waals surface area contributed by atoms with E-state index >= 15 is 0 Å². The number of fused-ring (bicyclic) bond motifs is 1. The maximum atomic E-state index is 13.4. The van der Waals surface area contributed by atoms with Crippen molar-refractivity contribution in [1.82, 2.24) is 15.3 Å². The van der Waals surface area contributed by atoms with Gasteiger partial charge in [0, 0.05) is 23.2 Å². The number of benzene rings is 3. The molecule has 0 aliphatic rings. The van der Waals surface area contributed by atoms with Gasteiger partial charge in [-0.05, 0) is 73.2 Å². The largest absolute Gasteiger partial charge is 0.487 e. The number of ether oxygens (including phenoxy) is 1. The summed E-state index contributed by atoms with van der Waals surface area (Å²) < 4.78 is 45.4. The van der Waals surface area contributed by atoms with E-state index in [1.807, 2.05) is 36.4 Å². The Morgan fingerprint density at radius 2 is 1.98 bits per heavy atom. The Balaban J connectivity index is 1.30. The number of aromatic nitrogens is 2. The van der Waals surface area contributed by atoms with Crippen LogP contribution in [0.4, 0.5) is 15.9 Å². The first-order valence-corrected chi connectivity index (χ1v) is 14.0. The van der Waals surface area contributed by atoms with Crippen molar-refractivity contribution in [3.05, 3.63) is 101 Å². The van der Waals surface area contributed by atoms with Crippen LogP contribution >= 0.6 is 11.6 Å². The van der Waals surface area contributed by atoms with Crippen LogP contribution in [0.3, 0.4) is 0 Å². The predicted octanol–water partition coefficient (Wildman–Crippen LogP) is 6.70.